The van der Waals surface area contributed by atoms with Gasteiger partial charge in [-0.05, 0) is 50.8 Å². The summed E-state index contributed by atoms with van der Waals surface area (Å²) in [7, 11) is 0. The second-order valence-corrected chi connectivity index (χ2v) is 12.2. The van der Waals surface area contributed by atoms with Crippen LogP contribution >= 0.6 is 11.3 Å². The summed E-state index contributed by atoms with van der Waals surface area (Å²) in [4.78, 5) is 40.8. The van der Waals surface area contributed by atoms with E-state index < -0.39 is 41.6 Å². The van der Waals surface area contributed by atoms with Crippen molar-refractivity contribution >= 4 is 28.9 Å². The summed E-state index contributed by atoms with van der Waals surface area (Å²) in [5.74, 6) is -1.23. The highest BCUT2D eigenvalue weighted by Gasteiger charge is 2.46. The second kappa shape index (κ2) is 12.4. The van der Waals surface area contributed by atoms with Gasteiger partial charge in [0, 0.05) is 30.1 Å². The van der Waals surface area contributed by atoms with E-state index in [9.17, 15) is 41.0 Å². The van der Waals surface area contributed by atoms with Crippen molar-refractivity contribution in [3.05, 3.63) is 57.3 Å². The van der Waals surface area contributed by atoms with Crippen LogP contribution in [0.15, 0.2) is 30.6 Å². The molecule has 2 saturated heterocycles. The molecule has 3 aromatic rings. The third-order valence-corrected chi connectivity index (χ3v) is 9.09. The summed E-state index contributed by atoms with van der Waals surface area (Å²) >= 11 is 0.996. The zero-order valence-corrected chi connectivity index (χ0v) is 24.4. The number of benzene rings is 1. The molecule has 2 aromatic heterocycles. The number of thiazole rings is 1. The van der Waals surface area contributed by atoms with Crippen LogP contribution in [0.3, 0.4) is 0 Å². The lowest BCUT2D eigenvalue weighted by Crippen LogP contribution is -2.40. The van der Waals surface area contributed by atoms with Crippen molar-refractivity contribution in [2.24, 2.45) is 5.92 Å². The van der Waals surface area contributed by atoms with Gasteiger partial charge in [0.25, 0.3) is 0 Å². The highest BCUT2D eigenvalue weighted by atomic mass is 32.1. The van der Waals surface area contributed by atoms with Gasteiger partial charge in [-0.1, -0.05) is 12.1 Å². The fourth-order valence-electron chi connectivity index (χ4n) is 5.67. The maximum absolute atomic E-state index is 13.7. The monoisotopic (exact) mass is 641 g/mol. The molecule has 2 aliphatic heterocycles. The van der Waals surface area contributed by atoms with Crippen molar-refractivity contribution < 1.29 is 41.0 Å². The molecule has 1 N–H and O–H groups in total. The number of anilines is 1. The number of aromatic nitrogens is 3. The van der Waals surface area contributed by atoms with E-state index in [-0.39, 0.29) is 53.5 Å². The Labute approximate surface area is 252 Å². The standard InChI is InChI=1S/C29H29F6N5O3S/c1-16-4-5-18(11-19(16)28(30,31)32)26-22(15-40-8-2-3-23(40)29(33,34)35)44-25(38-26)12-21(41)20-13-37-24(14-36-20)39-9-6-17(7-10-39)27(42)43/h4-5,11,13-14,17,23H,2-3,6-10,12,15H2,1H3,(H,42,43)/t23-/m1/s1. The molecule has 2 aliphatic rings. The molecule has 8 nitrogen and oxygen atoms in total. The molecular formula is C29H29F6N5O3S. The molecule has 15 heteroatoms. The van der Waals surface area contributed by atoms with Crippen LogP contribution in [0.4, 0.5) is 32.2 Å². The van der Waals surface area contributed by atoms with Crippen molar-refractivity contribution in [3.63, 3.8) is 0 Å². The lowest BCUT2D eigenvalue weighted by molar-refractivity contribution is -0.177. The molecule has 0 spiro atoms. The molecular weight excluding hydrogens is 612 g/mol. The number of carboxylic acids is 1. The Morgan fingerprint density at radius 3 is 2.36 bits per heavy atom. The summed E-state index contributed by atoms with van der Waals surface area (Å²) in [5.41, 5.74) is -0.630. The first-order valence-electron chi connectivity index (χ1n) is 14.0. The number of piperidine rings is 1. The minimum absolute atomic E-state index is 0.00149. The van der Waals surface area contributed by atoms with Gasteiger partial charge < -0.3 is 10.0 Å². The average molecular weight is 642 g/mol. The Balaban J connectivity index is 1.38. The summed E-state index contributed by atoms with van der Waals surface area (Å²) in [6.45, 7) is 2.28. The van der Waals surface area contributed by atoms with Gasteiger partial charge >= 0.3 is 18.3 Å². The SMILES string of the molecule is Cc1ccc(-c2nc(CC(=O)c3cnc(N4CCC(C(=O)O)CC4)cn3)sc2CN2CCC[C@@H]2C(F)(F)F)cc1C(F)(F)F. The molecule has 0 amide bonds. The number of aryl methyl sites for hydroxylation is 1. The molecule has 1 aromatic carbocycles. The predicted molar refractivity (Wildman–Crippen MR) is 149 cm³/mol. The number of aliphatic carboxylic acids is 1. The number of ketones is 1. The first-order valence-corrected chi connectivity index (χ1v) is 14.8. The number of likely N-dealkylation sites (tertiary alicyclic amines) is 1. The molecule has 0 unspecified atom stereocenters. The van der Waals surface area contributed by atoms with E-state index in [1.54, 1.807) is 0 Å². The van der Waals surface area contributed by atoms with Crippen molar-refractivity contribution in [1.82, 2.24) is 19.9 Å². The Bertz CT molecular complexity index is 1520. The van der Waals surface area contributed by atoms with E-state index in [1.807, 2.05) is 4.90 Å². The minimum Gasteiger partial charge on any atom is -0.481 e. The number of hydrogen-bond donors (Lipinski definition) is 1. The third-order valence-electron chi connectivity index (χ3n) is 8.05. The van der Waals surface area contributed by atoms with E-state index >= 15 is 0 Å². The third kappa shape index (κ3) is 7.04. The van der Waals surface area contributed by atoms with E-state index in [2.05, 4.69) is 15.0 Å². The zero-order chi connectivity index (χ0) is 31.8. The first kappa shape index (κ1) is 31.8. The van der Waals surface area contributed by atoms with Crippen LogP contribution in [0.2, 0.25) is 0 Å². The summed E-state index contributed by atoms with van der Waals surface area (Å²) in [6.07, 6.45) is -5.47. The molecule has 44 heavy (non-hydrogen) atoms. The van der Waals surface area contributed by atoms with Gasteiger partial charge in [-0.3, -0.25) is 14.5 Å². The van der Waals surface area contributed by atoms with Crippen LogP contribution in [-0.2, 0) is 23.9 Å². The van der Waals surface area contributed by atoms with Crippen LogP contribution in [0, 0.1) is 12.8 Å². The van der Waals surface area contributed by atoms with Crippen LogP contribution in [0.25, 0.3) is 11.3 Å². The molecule has 236 valence electrons. The molecule has 0 bridgehead atoms. The predicted octanol–water partition coefficient (Wildman–Crippen LogP) is 6.18. The van der Waals surface area contributed by atoms with Crippen LogP contribution in [0.5, 0.6) is 0 Å². The number of carbonyl (C=O) groups excluding carboxylic acids is 1. The zero-order valence-electron chi connectivity index (χ0n) is 23.6. The minimum atomic E-state index is -4.64. The number of carboxylic acid groups (broad SMARTS) is 1. The highest BCUT2D eigenvalue weighted by Crippen LogP contribution is 2.39. The molecule has 0 radical (unpaired) electrons. The number of alkyl halides is 6. The lowest BCUT2D eigenvalue weighted by Gasteiger charge is -2.30. The largest absolute Gasteiger partial charge is 0.481 e. The summed E-state index contributed by atoms with van der Waals surface area (Å²) in [6, 6.07) is 2.01. The van der Waals surface area contributed by atoms with Crippen molar-refractivity contribution in [1.29, 1.82) is 0 Å². The number of rotatable bonds is 8. The maximum Gasteiger partial charge on any atom is 0.416 e. The van der Waals surface area contributed by atoms with Crippen LogP contribution in [0.1, 0.15) is 57.2 Å². The quantitative estimate of drug-likeness (QED) is 0.230. The Morgan fingerprint density at radius 2 is 1.75 bits per heavy atom. The molecule has 2 fully saturated rings. The van der Waals surface area contributed by atoms with E-state index in [4.69, 9.17) is 0 Å². The average Bonchev–Trinajstić information content (AvgIpc) is 3.60. The van der Waals surface area contributed by atoms with Gasteiger partial charge in [-0.15, -0.1) is 11.3 Å². The number of hydrogen-bond acceptors (Lipinski definition) is 8. The van der Waals surface area contributed by atoms with Gasteiger partial charge in [-0.2, -0.15) is 26.3 Å². The van der Waals surface area contributed by atoms with E-state index in [0.29, 0.717) is 43.0 Å². The molecule has 0 aliphatic carbocycles. The second-order valence-electron chi connectivity index (χ2n) is 11.0. The first-order chi connectivity index (χ1) is 20.7. The molecule has 4 heterocycles. The van der Waals surface area contributed by atoms with Crippen molar-refractivity contribution in [2.75, 3.05) is 24.5 Å². The number of Topliss-reactive ketones (excluding diaryl/α,β-unsaturated/α-hetero) is 1. The molecule has 0 saturated carbocycles. The van der Waals surface area contributed by atoms with Gasteiger partial charge in [0.1, 0.15) is 22.6 Å². The topological polar surface area (TPSA) is 99.5 Å². The fraction of sp³-hybridized carbons (Fsp3) is 0.483. The summed E-state index contributed by atoms with van der Waals surface area (Å²) in [5, 5.41) is 9.42. The Morgan fingerprint density at radius 1 is 1.02 bits per heavy atom. The van der Waals surface area contributed by atoms with Crippen molar-refractivity contribution in [2.45, 2.75) is 64.0 Å². The highest BCUT2D eigenvalue weighted by molar-refractivity contribution is 7.12. The van der Waals surface area contributed by atoms with Crippen LogP contribution in [-0.4, -0.2) is 68.6 Å². The van der Waals surface area contributed by atoms with Gasteiger partial charge in [0.2, 0.25) is 0 Å². The molecule has 1 atom stereocenters. The fourth-order valence-corrected chi connectivity index (χ4v) is 6.78. The smallest absolute Gasteiger partial charge is 0.416 e. The normalized spacial score (nSPS) is 18.6. The summed E-state index contributed by atoms with van der Waals surface area (Å²) < 4.78 is 82.0. The Hall–Kier alpha value is -3.59. The van der Waals surface area contributed by atoms with Crippen LogP contribution < -0.4 is 4.90 Å². The Kier molecular flexibility index (Phi) is 8.99. The van der Waals surface area contributed by atoms with E-state index in [1.165, 1.54) is 36.4 Å². The number of nitrogens with zero attached hydrogens (tertiary/aromatic N) is 5. The van der Waals surface area contributed by atoms with Gasteiger partial charge in [0.05, 0.1) is 36.0 Å². The number of carbonyl (C=O) groups is 2. The van der Waals surface area contributed by atoms with E-state index in [0.717, 1.165) is 17.4 Å². The number of halogens is 6. The molecule has 5 rings (SSSR count). The van der Waals surface area contributed by atoms with Crippen molar-refractivity contribution in [3.8, 4) is 11.3 Å². The van der Waals surface area contributed by atoms with Gasteiger partial charge in [-0.25, -0.2) is 15.0 Å². The lowest BCUT2D eigenvalue weighted by atomic mass is 9.97. The van der Waals surface area contributed by atoms with Gasteiger partial charge in [0.15, 0.2) is 5.78 Å². The maximum atomic E-state index is 13.7.